The Balaban J connectivity index is 0.000000878. The lowest BCUT2D eigenvalue weighted by Crippen LogP contribution is -2.48. The summed E-state index contributed by atoms with van der Waals surface area (Å²) >= 11 is 0. The summed E-state index contributed by atoms with van der Waals surface area (Å²) in [5.74, 6) is 0.307. The molecular formula is C18H25N5O5. The first kappa shape index (κ1) is 21.4. The van der Waals surface area contributed by atoms with Gasteiger partial charge < -0.3 is 30.1 Å². The van der Waals surface area contributed by atoms with Gasteiger partial charge in [-0.3, -0.25) is 4.79 Å². The number of hydrogen-bond donors (Lipinski definition) is 3. The summed E-state index contributed by atoms with van der Waals surface area (Å²) in [6.07, 6.45) is 4.99. The summed E-state index contributed by atoms with van der Waals surface area (Å²) in [7, 11) is 0. The number of rotatable bonds is 3. The van der Waals surface area contributed by atoms with E-state index in [0.29, 0.717) is 37.3 Å². The quantitative estimate of drug-likeness (QED) is 0.259. The van der Waals surface area contributed by atoms with Crippen molar-refractivity contribution in [1.29, 1.82) is 5.26 Å². The standard InChI is InChI=1S/C17H23N5O3.CH2O2/c18-11-14(17(23)25-12-13-1-9-24-10-2-13)15-16(21-4-3-20-15)22-7-5-19-6-8-22;2-1-3/h3-4,13,19-20H,1-2,5-10,12H2;1H,(H,2,3)/b15-14-;. The minimum Gasteiger partial charge on any atom is -0.483 e. The van der Waals surface area contributed by atoms with Crippen LogP contribution in [0.25, 0.3) is 0 Å². The first-order valence-electron chi connectivity index (χ1n) is 9.13. The van der Waals surface area contributed by atoms with Gasteiger partial charge in [-0.1, -0.05) is 0 Å². The number of carbonyl (C=O) groups excluding carboxylic acids is 1. The van der Waals surface area contributed by atoms with E-state index in [1.807, 2.05) is 6.07 Å². The Labute approximate surface area is 163 Å². The Morgan fingerprint density at radius 1 is 1.43 bits per heavy atom. The van der Waals surface area contributed by atoms with Crippen molar-refractivity contribution in [1.82, 2.24) is 15.5 Å². The lowest BCUT2D eigenvalue weighted by molar-refractivity contribution is -0.141. The van der Waals surface area contributed by atoms with Gasteiger partial charge in [-0.2, -0.15) is 5.26 Å². The van der Waals surface area contributed by atoms with Gasteiger partial charge in [-0.25, -0.2) is 9.79 Å². The molecule has 0 atom stereocenters. The number of carboxylic acid groups (broad SMARTS) is 1. The van der Waals surface area contributed by atoms with Gasteiger partial charge in [0, 0.05) is 51.8 Å². The van der Waals surface area contributed by atoms with Crippen molar-refractivity contribution in [2.24, 2.45) is 10.9 Å². The van der Waals surface area contributed by atoms with Crippen LogP contribution in [-0.2, 0) is 19.1 Å². The number of esters is 1. The van der Waals surface area contributed by atoms with Crippen molar-refractivity contribution in [2.45, 2.75) is 12.8 Å². The predicted octanol–water partition coefficient (Wildman–Crippen LogP) is -0.187. The molecule has 0 saturated carbocycles. The highest BCUT2D eigenvalue weighted by atomic mass is 16.5. The lowest BCUT2D eigenvalue weighted by Gasteiger charge is -2.32. The molecular weight excluding hydrogens is 366 g/mol. The fraction of sp³-hybridized carbons (Fsp3) is 0.556. The van der Waals surface area contributed by atoms with Gasteiger partial charge in [0.15, 0.2) is 11.4 Å². The molecule has 10 nitrogen and oxygen atoms in total. The first-order chi connectivity index (χ1) is 13.7. The minimum atomic E-state index is -0.602. The molecule has 10 heteroatoms. The zero-order valence-corrected chi connectivity index (χ0v) is 15.6. The van der Waals surface area contributed by atoms with Gasteiger partial charge in [-0.15, -0.1) is 0 Å². The third-order valence-electron chi connectivity index (χ3n) is 4.50. The van der Waals surface area contributed by atoms with Crippen molar-refractivity contribution in [3.05, 3.63) is 23.7 Å². The molecule has 0 aromatic heterocycles. The Morgan fingerprint density at radius 2 is 2.11 bits per heavy atom. The number of aliphatic imine (C=N–C) groups is 1. The van der Waals surface area contributed by atoms with Crippen LogP contribution in [0, 0.1) is 17.2 Å². The summed E-state index contributed by atoms with van der Waals surface area (Å²) in [5.41, 5.74) is 0.387. The Hall–Kier alpha value is -2.90. The van der Waals surface area contributed by atoms with E-state index in [9.17, 15) is 10.1 Å². The Kier molecular flexibility index (Phi) is 8.97. The number of carbonyl (C=O) groups is 2. The van der Waals surface area contributed by atoms with E-state index in [0.717, 1.165) is 39.0 Å². The molecule has 3 aliphatic rings. The van der Waals surface area contributed by atoms with Crippen LogP contribution in [0.5, 0.6) is 0 Å². The van der Waals surface area contributed by atoms with Crippen LogP contribution in [0.2, 0.25) is 0 Å². The zero-order chi connectivity index (χ0) is 20.2. The third-order valence-corrected chi connectivity index (χ3v) is 4.50. The van der Waals surface area contributed by atoms with E-state index in [4.69, 9.17) is 19.4 Å². The summed E-state index contributed by atoms with van der Waals surface area (Å²) < 4.78 is 10.7. The molecule has 0 bridgehead atoms. The van der Waals surface area contributed by atoms with E-state index in [1.54, 1.807) is 12.4 Å². The SMILES string of the molecule is N#C/C(C(=O)OCC1CCOCC1)=C1/NC=CN=C1N1CCNCC1.O=CO. The van der Waals surface area contributed by atoms with E-state index in [2.05, 4.69) is 20.5 Å². The minimum absolute atomic E-state index is 0.0336. The molecule has 0 aliphatic carbocycles. The van der Waals surface area contributed by atoms with Crippen molar-refractivity contribution >= 4 is 18.3 Å². The molecule has 28 heavy (non-hydrogen) atoms. The van der Waals surface area contributed by atoms with E-state index < -0.39 is 5.97 Å². The van der Waals surface area contributed by atoms with Gasteiger partial charge in [0.05, 0.1) is 6.61 Å². The maximum absolute atomic E-state index is 12.5. The van der Waals surface area contributed by atoms with Crippen molar-refractivity contribution in [2.75, 3.05) is 46.0 Å². The summed E-state index contributed by atoms with van der Waals surface area (Å²) in [4.78, 5) is 27.3. The normalized spacial score (nSPS) is 21.2. The molecule has 3 aliphatic heterocycles. The molecule has 3 N–H and O–H groups in total. The molecule has 2 fully saturated rings. The zero-order valence-electron chi connectivity index (χ0n) is 15.6. The van der Waals surface area contributed by atoms with Gasteiger partial charge in [0.1, 0.15) is 11.8 Å². The molecule has 2 saturated heterocycles. The summed E-state index contributed by atoms with van der Waals surface area (Å²) in [6.45, 7) is 4.68. The van der Waals surface area contributed by atoms with Crippen LogP contribution in [0.1, 0.15) is 12.8 Å². The number of nitrogens with zero attached hydrogens (tertiary/aromatic N) is 3. The number of amidine groups is 1. The Bertz CT molecular complexity index is 670. The smallest absolute Gasteiger partial charge is 0.351 e. The molecule has 0 unspecified atom stereocenters. The molecule has 0 aromatic carbocycles. The summed E-state index contributed by atoms with van der Waals surface area (Å²) in [6, 6.07) is 1.99. The maximum Gasteiger partial charge on any atom is 0.351 e. The largest absolute Gasteiger partial charge is 0.483 e. The van der Waals surface area contributed by atoms with E-state index >= 15 is 0 Å². The maximum atomic E-state index is 12.5. The average Bonchev–Trinajstić information content (AvgIpc) is 2.75. The predicted molar refractivity (Wildman–Crippen MR) is 100.0 cm³/mol. The van der Waals surface area contributed by atoms with Crippen LogP contribution in [0.4, 0.5) is 0 Å². The van der Waals surface area contributed by atoms with Crippen LogP contribution < -0.4 is 10.6 Å². The monoisotopic (exact) mass is 391 g/mol. The van der Waals surface area contributed by atoms with E-state index in [-0.39, 0.29) is 12.0 Å². The highest BCUT2D eigenvalue weighted by Crippen LogP contribution is 2.17. The van der Waals surface area contributed by atoms with Crippen LogP contribution >= 0.6 is 0 Å². The average molecular weight is 391 g/mol. The third kappa shape index (κ3) is 6.07. The highest BCUT2D eigenvalue weighted by molar-refractivity contribution is 6.08. The second-order valence-electron chi connectivity index (χ2n) is 6.27. The number of ether oxygens (including phenoxy) is 2. The van der Waals surface area contributed by atoms with Crippen LogP contribution in [-0.4, -0.2) is 74.3 Å². The molecule has 0 amide bonds. The number of nitriles is 1. The van der Waals surface area contributed by atoms with Crippen LogP contribution in [0.3, 0.4) is 0 Å². The summed E-state index contributed by atoms with van der Waals surface area (Å²) in [5, 5.41) is 22.7. The van der Waals surface area contributed by atoms with Gasteiger partial charge in [-0.05, 0) is 18.8 Å². The molecule has 0 radical (unpaired) electrons. The number of hydrogen-bond acceptors (Lipinski definition) is 9. The fourth-order valence-electron chi connectivity index (χ4n) is 3.04. The number of piperazine rings is 1. The Morgan fingerprint density at radius 3 is 2.75 bits per heavy atom. The molecule has 152 valence electrons. The first-order valence-corrected chi connectivity index (χ1v) is 9.13. The van der Waals surface area contributed by atoms with Gasteiger partial charge >= 0.3 is 5.97 Å². The fourth-order valence-corrected chi connectivity index (χ4v) is 3.04. The van der Waals surface area contributed by atoms with Crippen molar-refractivity contribution in [3.8, 4) is 6.07 Å². The second kappa shape index (κ2) is 11.7. The lowest BCUT2D eigenvalue weighted by atomic mass is 10.0. The van der Waals surface area contributed by atoms with Gasteiger partial charge in [0.2, 0.25) is 0 Å². The van der Waals surface area contributed by atoms with Gasteiger partial charge in [0.25, 0.3) is 6.47 Å². The van der Waals surface area contributed by atoms with Crippen molar-refractivity contribution < 1.29 is 24.2 Å². The second-order valence-corrected chi connectivity index (χ2v) is 6.27. The molecule has 3 rings (SSSR count). The van der Waals surface area contributed by atoms with Crippen molar-refractivity contribution in [3.63, 3.8) is 0 Å². The molecule has 0 spiro atoms. The molecule has 3 heterocycles. The molecule has 0 aromatic rings. The number of nitrogens with one attached hydrogen (secondary N) is 2. The van der Waals surface area contributed by atoms with Crippen LogP contribution in [0.15, 0.2) is 28.7 Å². The topological polar surface area (TPSA) is 136 Å². The highest BCUT2D eigenvalue weighted by Gasteiger charge is 2.27. The van der Waals surface area contributed by atoms with E-state index in [1.165, 1.54) is 0 Å².